The van der Waals surface area contributed by atoms with Gasteiger partial charge < -0.3 is 10.6 Å². The summed E-state index contributed by atoms with van der Waals surface area (Å²) in [4.78, 5) is 14.4. The summed E-state index contributed by atoms with van der Waals surface area (Å²) in [6.07, 6.45) is -7.33. The van der Waals surface area contributed by atoms with Gasteiger partial charge in [0.15, 0.2) is 0 Å². The lowest BCUT2D eigenvalue weighted by atomic mass is 9.94. The van der Waals surface area contributed by atoms with E-state index in [9.17, 15) is 31.1 Å². The van der Waals surface area contributed by atoms with E-state index in [1.807, 2.05) is 30.3 Å². The van der Waals surface area contributed by atoms with Crippen LogP contribution in [0.15, 0.2) is 48.5 Å². The zero-order valence-corrected chi connectivity index (χ0v) is 20.1. The molecule has 1 aliphatic rings. The number of hydrogen-bond acceptors (Lipinski definition) is 2. The summed E-state index contributed by atoms with van der Waals surface area (Å²) in [5, 5.41) is 0. The molecule has 35 heavy (non-hydrogen) atoms. The minimum absolute atomic E-state index is 0.0361. The molecule has 0 aliphatic carbocycles. The van der Waals surface area contributed by atoms with E-state index in [4.69, 9.17) is 5.73 Å². The second-order valence-electron chi connectivity index (χ2n) is 9.90. The van der Waals surface area contributed by atoms with Crippen LogP contribution < -0.4 is 5.73 Å². The molecule has 1 fully saturated rings. The third kappa shape index (κ3) is 8.87. The van der Waals surface area contributed by atoms with Crippen LogP contribution in [0.2, 0.25) is 0 Å². The Balaban J connectivity index is 0.000000641. The monoisotopic (exact) mass is 502 g/mol. The van der Waals surface area contributed by atoms with Crippen molar-refractivity contribution in [1.82, 2.24) is 4.90 Å². The number of nitrogens with two attached hydrogens (primary N) is 1. The summed E-state index contributed by atoms with van der Waals surface area (Å²) in [5.74, 6) is -0.803. The lowest BCUT2D eigenvalue weighted by Gasteiger charge is -2.36. The van der Waals surface area contributed by atoms with Gasteiger partial charge in [-0.1, -0.05) is 51.1 Å². The van der Waals surface area contributed by atoms with E-state index in [2.05, 4.69) is 20.8 Å². The second-order valence-corrected chi connectivity index (χ2v) is 9.90. The van der Waals surface area contributed by atoms with Gasteiger partial charge in [0.2, 0.25) is 0 Å². The molecule has 0 aromatic heterocycles. The maximum absolute atomic E-state index is 13.1. The Morgan fingerprint density at radius 1 is 0.914 bits per heavy atom. The van der Waals surface area contributed by atoms with Gasteiger partial charge in [0.1, 0.15) is 0 Å². The molecule has 0 unspecified atom stereocenters. The van der Waals surface area contributed by atoms with Crippen LogP contribution >= 0.6 is 0 Å². The number of amides is 1. The molecule has 3 rings (SSSR count). The number of piperidine rings is 1. The molecule has 1 saturated heterocycles. The molecule has 194 valence electrons. The molecule has 0 saturated carbocycles. The summed E-state index contributed by atoms with van der Waals surface area (Å²) >= 11 is 0. The molecule has 1 amide bonds. The highest BCUT2D eigenvalue weighted by atomic mass is 19.4. The summed E-state index contributed by atoms with van der Waals surface area (Å²) in [7, 11) is 0. The van der Waals surface area contributed by atoms with Gasteiger partial charge in [0, 0.05) is 18.2 Å². The van der Waals surface area contributed by atoms with E-state index in [1.165, 1.54) is 4.90 Å². The van der Waals surface area contributed by atoms with Crippen LogP contribution in [0, 0.1) is 5.41 Å². The van der Waals surface area contributed by atoms with Gasteiger partial charge in [-0.2, -0.15) is 26.3 Å². The van der Waals surface area contributed by atoms with Crippen molar-refractivity contribution in [1.29, 1.82) is 0 Å². The number of likely N-dealkylation sites (tertiary alicyclic amines) is 1. The number of hydrogen-bond donors (Lipinski definition) is 1. The first-order valence-electron chi connectivity index (χ1n) is 11.5. The summed E-state index contributed by atoms with van der Waals surface area (Å²) < 4.78 is 78.7. The number of carbonyl (C=O) groups is 1. The third-order valence-corrected chi connectivity index (χ3v) is 5.65. The van der Waals surface area contributed by atoms with Crippen molar-refractivity contribution in [3.05, 3.63) is 70.8 Å². The van der Waals surface area contributed by atoms with Crippen molar-refractivity contribution in [2.24, 2.45) is 11.1 Å². The summed E-state index contributed by atoms with van der Waals surface area (Å²) in [6, 6.07) is 10.1. The first-order valence-corrected chi connectivity index (χ1v) is 11.5. The molecular formula is C26H32F6N2O. The topological polar surface area (TPSA) is 46.3 Å². The predicted molar refractivity (Wildman–Crippen MR) is 124 cm³/mol. The lowest BCUT2D eigenvalue weighted by Crippen LogP contribution is -2.45. The zero-order valence-electron chi connectivity index (χ0n) is 20.1. The molecular weight excluding hydrogens is 470 g/mol. The molecule has 2 N–H and O–H groups in total. The van der Waals surface area contributed by atoms with Crippen LogP contribution in [-0.4, -0.2) is 29.9 Å². The van der Waals surface area contributed by atoms with E-state index in [1.54, 1.807) is 0 Å². The fraction of sp³-hybridized carbons (Fsp3) is 0.500. The average Bonchev–Trinajstić information content (AvgIpc) is 2.78. The van der Waals surface area contributed by atoms with Crippen molar-refractivity contribution in [2.45, 2.75) is 64.8 Å². The number of nitrogens with zero attached hydrogens (tertiary/aromatic N) is 1. The maximum Gasteiger partial charge on any atom is 0.416 e. The number of carbonyl (C=O) groups excluding carboxylic acids is 1. The molecule has 2 aromatic rings. The molecule has 1 atom stereocenters. The number of halogens is 6. The van der Waals surface area contributed by atoms with Gasteiger partial charge >= 0.3 is 12.4 Å². The molecule has 0 bridgehead atoms. The molecule has 1 heterocycles. The molecule has 0 spiro atoms. The second kappa shape index (κ2) is 11.5. The number of alkyl halides is 6. The summed E-state index contributed by atoms with van der Waals surface area (Å²) in [6.45, 7) is 7.42. The standard InChI is InChI=1S/C21H19F6NO.C5H13N/c22-20(23,24)16-11-15(12-17(13-16)21(25,26)27)19(29)28-9-5-4-8-18(28)10-14-6-2-1-3-7-14;1-5(2,3)4-6/h1-3,6-7,11-13,18H,4-5,8-10H2;4,6H2,1-3H3/t18-;/m0./s1. The van der Waals surface area contributed by atoms with E-state index < -0.39 is 35.0 Å². The van der Waals surface area contributed by atoms with Crippen molar-refractivity contribution in [2.75, 3.05) is 13.1 Å². The smallest absolute Gasteiger partial charge is 0.335 e. The first-order chi connectivity index (χ1) is 16.1. The van der Waals surface area contributed by atoms with Crippen molar-refractivity contribution < 1.29 is 31.1 Å². The number of benzene rings is 2. The third-order valence-electron chi connectivity index (χ3n) is 5.65. The zero-order chi connectivity index (χ0) is 26.4. The Kier molecular flexibility index (Phi) is 9.39. The lowest BCUT2D eigenvalue weighted by molar-refractivity contribution is -0.143. The molecule has 1 aliphatic heterocycles. The van der Waals surface area contributed by atoms with Gasteiger partial charge in [0.25, 0.3) is 5.91 Å². The highest BCUT2D eigenvalue weighted by Crippen LogP contribution is 2.37. The largest absolute Gasteiger partial charge is 0.416 e. The van der Waals surface area contributed by atoms with Crippen LogP contribution in [0.3, 0.4) is 0 Å². The molecule has 2 aromatic carbocycles. The first kappa shape index (κ1) is 28.7. The SMILES string of the molecule is CC(C)(C)CN.O=C(c1cc(C(F)(F)F)cc(C(F)(F)F)c1)N1CCCC[C@H]1Cc1ccccc1. The maximum atomic E-state index is 13.1. The summed E-state index contributed by atoms with van der Waals surface area (Å²) in [5.41, 5.74) is 3.03. The Morgan fingerprint density at radius 3 is 1.89 bits per heavy atom. The van der Waals surface area contributed by atoms with Gasteiger partial charge in [-0.15, -0.1) is 0 Å². The average molecular weight is 503 g/mol. The van der Waals surface area contributed by atoms with E-state index in [-0.39, 0.29) is 12.1 Å². The number of rotatable bonds is 3. The fourth-order valence-electron chi connectivity index (χ4n) is 3.61. The Morgan fingerprint density at radius 2 is 1.43 bits per heavy atom. The van der Waals surface area contributed by atoms with Crippen molar-refractivity contribution >= 4 is 5.91 Å². The Labute approximate surface area is 202 Å². The molecule has 9 heteroatoms. The van der Waals surface area contributed by atoms with Crippen LogP contribution in [0.4, 0.5) is 26.3 Å². The fourth-order valence-corrected chi connectivity index (χ4v) is 3.61. The Hall–Kier alpha value is -2.55. The minimum Gasteiger partial charge on any atom is -0.335 e. The normalized spacial score (nSPS) is 17.0. The van der Waals surface area contributed by atoms with Crippen molar-refractivity contribution in [3.63, 3.8) is 0 Å². The van der Waals surface area contributed by atoms with Crippen LogP contribution in [0.5, 0.6) is 0 Å². The highest BCUT2D eigenvalue weighted by molar-refractivity contribution is 5.95. The minimum atomic E-state index is -4.98. The van der Waals surface area contributed by atoms with Crippen molar-refractivity contribution in [3.8, 4) is 0 Å². The quantitative estimate of drug-likeness (QED) is 0.462. The van der Waals surface area contributed by atoms with E-state index in [0.717, 1.165) is 18.5 Å². The van der Waals surface area contributed by atoms with E-state index in [0.29, 0.717) is 43.4 Å². The van der Waals surface area contributed by atoms with Crippen LogP contribution in [0.1, 0.15) is 67.1 Å². The Bertz CT molecular complexity index is 932. The predicted octanol–water partition coefficient (Wildman–Crippen LogP) is 6.95. The van der Waals surface area contributed by atoms with Crippen LogP contribution in [0.25, 0.3) is 0 Å². The van der Waals surface area contributed by atoms with E-state index >= 15 is 0 Å². The van der Waals surface area contributed by atoms with Gasteiger partial charge in [-0.05, 0) is 61.4 Å². The molecule has 3 nitrogen and oxygen atoms in total. The van der Waals surface area contributed by atoms with Crippen LogP contribution in [-0.2, 0) is 18.8 Å². The molecule has 0 radical (unpaired) electrons. The van der Waals surface area contributed by atoms with Gasteiger partial charge in [-0.3, -0.25) is 4.79 Å². The highest BCUT2D eigenvalue weighted by Gasteiger charge is 2.38. The van der Waals surface area contributed by atoms with Gasteiger partial charge in [0.05, 0.1) is 11.1 Å². The van der Waals surface area contributed by atoms with Gasteiger partial charge in [-0.25, -0.2) is 0 Å².